The Morgan fingerprint density at radius 2 is 1.89 bits per heavy atom. The number of aliphatic imine (C=N–C) groups is 1. The molecule has 1 amide bonds. The van der Waals surface area contributed by atoms with Gasteiger partial charge in [0, 0.05) is 12.2 Å². The lowest BCUT2D eigenvalue weighted by Gasteiger charge is -2.36. The minimum Gasteiger partial charge on any atom is -0.463 e. The average Bonchev–Trinajstić information content (AvgIpc) is 3.63. The second kappa shape index (κ2) is 10.6. The van der Waals surface area contributed by atoms with E-state index in [0.29, 0.717) is 22.9 Å². The molecule has 3 aliphatic rings. The quantitative estimate of drug-likeness (QED) is 0.453. The number of thioether (sulfide) groups is 1. The summed E-state index contributed by atoms with van der Waals surface area (Å²) in [6.07, 6.45) is 2.57. The standard InChI is InChI=1S/C28H29N3O4S/c1-3-34-27(33)25-18(2)30-28-31(21(17-36-28)15-24(32)29-16-19-12-13-19)26(25)20-8-7-11-23(14-20)35-22-9-5-4-6-10-22/h4-11,14,17,19,26H,3,12-13,15-16H2,1-2H3,(H,29,32)/t26-/m1/s1. The Balaban J connectivity index is 1.47. The summed E-state index contributed by atoms with van der Waals surface area (Å²) >= 11 is 1.47. The first-order valence-corrected chi connectivity index (χ1v) is 13.1. The summed E-state index contributed by atoms with van der Waals surface area (Å²) in [4.78, 5) is 32.6. The van der Waals surface area contributed by atoms with Gasteiger partial charge in [-0.3, -0.25) is 4.79 Å². The molecule has 8 heteroatoms. The van der Waals surface area contributed by atoms with E-state index in [0.717, 1.165) is 28.7 Å². The molecule has 2 aromatic carbocycles. The third-order valence-electron chi connectivity index (χ3n) is 6.28. The highest BCUT2D eigenvalue weighted by Crippen LogP contribution is 2.45. The third kappa shape index (κ3) is 5.33. The molecule has 1 aliphatic carbocycles. The predicted molar refractivity (Wildman–Crippen MR) is 140 cm³/mol. The summed E-state index contributed by atoms with van der Waals surface area (Å²) < 4.78 is 11.5. The zero-order chi connectivity index (χ0) is 25.1. The molecular weight excluding hydrogens is 474 g/mol. The van der Waals surface area contributed by atoms with Crippen LogP contribution in [0.1, 0.15) is 44.7 Å². The maximum absolute atomic E-state index is 13.2. The first kappa shape index (κ1) is 24.2. The second-order valence-electron chi connectivity index (χ2n) is 9.03. The average molecular weight is 504 g/mol. The fraction of sp³-hybridized carbons (Fsp3) is 0.321. The molecule has 0 bridgehead atoms. The molecule has 0 spiro atoms. The van der Waals surface area contributed by atoms with Crippen molar-refractivity contribution >= 4 is 28.8 Å². The molecule has 1 saturated carbocycles. The van der Waals surface area contributed by atoms with Crippen LogP contribution in [-0.4, -0.2) is 35.1 Å². The molecule has 7 nitrogen and oxygen atoms in total. The number of hydrogen-bond donors (Lipinski definition) is 1. The highest BCUT2D eigenvalue weighted by atomic mass is 32.2. The van der Waals surface area contributed by atoms with E-state index in [9.17, 15) is 9.59 Å². The zero-order valence-corrected chi connectivity index (χ0v) is 21.2. The first-order chi connectivity index (χ1) is 17.5. The molecule has 0 radical (unpaired) electrons. The van der Waals surface area contributed by atoms with Gasteiger partial charge in [-0.25, -0.2) is 9.79 Å². The number of fused-ring (bicyclic) bond motifs is 1. The smallest absolute Gasteiger partial charge is 0.338 e. The third-order valence-corrected chi connectivity index (χ3v) is 7.16. The number of rotatable bonds is 9. The van der Waals surface area contributed by atoms with Crippen LogP contribution in [0.4, 0.5) is 0 Å². The minimum atomic E-state index is -0.492. The summed E-state index contributed by atoms with van der Waals surface area (Å²) in [5, 5.41) is 5.74. The van der Waals surface area contributed by atoms with Crippen LogP contribution in [0, 0.1) is 5.92 Å². The van der Waals surface area contributed by atoms with Gasteiger partial charge in [0.2, 0.25) is 5.91 Å². The molecule has 1 atom stereocenters. The summed E-state index contributed by atoms with van der Waals surface area (Å²) in [6, 6.07) is 16.8. The van der Waals surface area contributed by atoms with E-state index in [2.05, 4.69) is 5.32 Å². The Hall–Kier alpha value is -3.52. The number of para-hydroxylation sites is 1. The van der Waals surface area contributed by atoms with Crippen molar-refractivity contribution in [1.29, 1.82) is 0 Å². The highest BCUT2D eigenvalue weighted by Gasteiger charge is 2.41. The van der Waals surface area contributed by atoms with Crippen molar-refractivity contribution in [3.05, 3.63) is 82.5 Å². The molecule has 1 fully saturated rings. The van der Waals surface area contributed by atoms with Crippen molar-refractivity contribution in [3.63, 3.8) is 0 Å². The van der Waals surface area contributed by atoms with Gasteiger partial charge < -0.3 is 19.7 Å². The fourth-order valence-corrected chi connectivity index (χ4v) is 5.30. The highest BCUT2D eigenvalue weighted by molar-refractivity contribution is 8.16. The van der Waals surface area contributed by atoms with E-state index in [1.807, 2.05) is 71.8 Å². The predicted octanol–water partition coefficient (Wildman–Crippen LogP) is 5.53. The van der Waals surface area contributed by atoms with Crippen molar-refractivity contribution in [2.75, 3.05) is 13.2 Å². The zero-order valence-electron chi connectivity index (χ0n) is 20.4. The van der Waals surface area contributed by atoms with E-state index in [1.165, 1.54) is 24.6 Å². The van der Waals surface area contributed by atoms with Gasteiger partial charge in [-0.1, -0.05) is 42.1 Å². The van der Waals surface area contributed by atoms with Gasteiger partial charge in [0.05, 0.1) is 30.3 Å². The molecule has 2 aromatic rings. The van der Waals surface area contributed by atoms with Crippen molar-refractivity contribution in [3.8, 4) is 11.5 Å². The lowest BCUT2D eigenvalue weighted by atomic mass is 9.93. The van der Waals surface area contributed by atoms with Crippen LogP contribution in [0.25, 0.3) is 0 Å². The number of carbonyl (C=O) groups is 2. The van der Waals surface area contributed by atoms with Crippen LogP contribution in [0.3, 0.4) is 0 Å². The van der Waals surface area contributed by atoms with Crippen molar-refractivity contribution in [1.82, 2.24) is 10.2 Å². The molecule has 0 saturated heterocycles. The van der Waals surface area contributed by atoms with E-state index in [-0.39, 0.29) is 18.9 Å². The Morgan fingerprint density at radius 3 is 2.64 bits per heavy atom. The van der Waals surface area contributed by atoms with Crippen LogP contribution in [0.5, 0.6) is 11.5 Å². The van der Waals surface area contributed by atoms with Gasteiger partial charge in [0.25, 0.3) is 0 Å². The van der Waals surface area contributed by atoms with E-state index in [1.54, 1.807) is 6.92 Å². The van der Waals surface area contributed by atoms with Gasteiger partial charge in [-0.15, -0.1) is 0 Å². The molecular formula is C28H29N3O4S. The summed E-state index contributed by atoms with van der Waals surface area (Å²) in [5.74, 6) is 1.55. The number of hydrogen-bond acceptors (Lipinski definition) is 7. The lowest BCUT2D eigenvalue weighted by Crippen LogP contribution is -2.38. The summed E-state index contributed by atoms with van der Waals surface area (Å²) in [6.45, 7) is 4.59. The molecule has 1 N–H and O–H groups in total. The Bertz CT molecular complexity index is 1250. The van der Waals surface area contributed by atoms with Crippen LogP contribution in [0.2, 0.25) is 0 Å². The number of esters is 1. The fourth-order valence-electron chi connectivity index (χ4n) is 4.33. The maximum Gasteiger partial charge on any atom is 0.338 e. The topological polar surface area (TPSA) is 80.2 Å². The van der Waals surface area contributed by atoms with Crippen LogP contribution in [0.15, 0.2) is 82.0 Å². The lowest BCUT2D eigenvalue weighted by molar-refractivity contribution is -0.139. The SMILES string of the molecule is CCOC(=O)C1=C(C)N=C2SC=C(CC(=O)NCC3CC3)N2[C@@H]1c1cccc(Oc2ccccc2)c1. The molecule has 2 aliphatic heterocycles. The molecule has 5 rings (SSSR count). The minimum absolute atomic E-state index is 0.0288. The van der Waals surface area contributed by atoms with E-state index < -0.39 is 12.0 Å². The molecule has 0 aromatic heterocycles. The number of nitrogens with one attached hydrogen (secondary N) is 1. The van der Waals surface area contributed by atoms with Gasteiger partial charge in [-0.2, -0.15) is 0 Å². The first-order valence-electron chi connectivity index (χ1n) is 12.2. The number of amides is 1. The number of ether oxygens (including phenoxy) is 2. The Kier molecular flexibility index (Phi) is 7.13. The van der Waals surface area contributed by atoms with E-state index >= 15 is 0 Å². The van der Waals surface area contributed by atoms with E-state index in [4.69, 9.17) is 14.5 Å². The van der Waals surface area contributed by atoms with Crippen LogP contribution >= 0.6 is 11.8 Å². The Morgan fingerprint density at radius 1 is 1.11 bits per heavy atom. The molecule has 0 unspecified atom stereocenters. The number of amidine groups is 1. The maximum atomic E-state index is 13.2. The van der Waals surface area contributed by atoms with Gasteiger partial charge in [-0.05, 0) is 67.8 Å². The number of nitrogens with zero attached hydrogens (tertiary/aromatic N) is 2. The number of benzene rings is 2. The molecule has 2 heterocycles. The summed E-state index contributed by atoms with van der Waals surface area (Å²) in [7, 11) is 0. The normalized spacial score (nSPS) is 18.8. The van der Waals surface area contributed by atoms with Gasteiger partial charge >= 0.3 is 5.97 Å². The Labute approximate surface area is 215 Å². The van der Waals surface area contributed by atoms with Gasteiger partial charge in [0.15, 0.2) is 5.17 Å². The monoisotopic (exact) mass is 503 g/mol. The molecule has 36 heavy (non-hydrogen) atoms. The van der Waals surface area contributed by atoms with Crippen molar-refractivity contribution in [2.24, 2.45) is 10.9 Å². The van der Waals surface area contributed by atoms with Crippen molar-refractivity contribution < 1.29 is 19.1 Å². The summed E-state index contributed by atoms with van der Waals surface area (Å²) in [5.41, 5.74) is 2.73. The van der Waals surface area contributed by atoms with Crippen LogP contribution < -0.4 is 10.1 Å². The largest absolute Gasteiger partial charge is 0.463 e. The van der Waals surface area contributed by atoms with Gasteiger partial charge in [0.1, 0.15) is 11.5 Å². The number of carbonyl (C=O) groups excluding carboxylic acids is 2. The number of allylic oxidation sites excluding steroid dienone is 1. The van der Waals surface area contributed by atoms with Crippen LogP contribution in [-0.2, 0) is 14.3 Å². The molecule has 186 valence electrons. The van der Waals surface area contributed by atoms with Crippen molar-refractivity contribution in [2.45, 2.75) is 39.2 Å². The second-order valence-corrected chi connectivity index (χ2v) is 9.86.